The van der Waals surface area contributed by atoms with Crippen molar-refractivity contribution in [1.82, 2.24) is 15.5 Å². The molecule has 0 bridgehead atoms. The molecule has 6 nitrogen and oxygen atoms in total. The highest BCUT2D eigenvalue weighted by Gasteiger charge is 2.20. The first-order chi connectivity index (χ1) is 13.7. The molecule has 0 amide bonds. The van der Waals surface area contributed by atoms with Gasteiger partial charge in [-0.1, -0.05) is 19.9 Å². The molecule has 0 aromatic heterocycles. The lowest BCUT2D eigenvalue weighted by molar-refractivity contribution is 0.159. The van der Waals surface area contributed by atoms with E-state index < -0.39 is 9.84 Å². The average Bonchev–Trinajstić information content (AvgIpc) is 2.62. The van der Waals surface area contributed by atoms with Gasteiger partial charge < -0.3 is 15.5 Å². The van der Waals surface area contributed by atoms with Crippen molar-refractivity contribution < 1.29 is 12.8 Å². The number of aliphatic imine (C=N–C) groups is 1. The Kier molecular flexibility index (Phi) is 11.6. The second-order valence-corrected chi connectivity index (χ2v) is 10.6. The van der Waals surface area contributed by atoms with Gasteiger partial charge in [-0.2, -0.15) is 0 Å². The van der Waals surface area contributed by atoms with Crippen molar-refractivity contribution in [3.05, 3.63) is 35.1 Å². The minimum atomic E-state index is -3.20. The highest BCUT2D eigenvalue weighted by molar-refractivity contribution is 14.0. The summed E-state index contributed by atoms with van der Waals surface area (Å²) >= 11 is 0. The van der Waals surface area contributed by atoms with Crippen molar-refractivity contribution in [2.24, 2.45) is 16.8 Å². The molecule has 172 valence electrons. The molecule has 1 saturated heterocycles. The lowest BCUT2D eigenvalue weighted by atomic mass is 9.97. The van der Waals surface area contributed by atoms with Crippen molar-refractivity contribution in [2.45, 2.75) is 39.0 Å². The van der Waals surface area contributed by atoms with Crippen molar-refractivity contribution in [1.29, 1.82) is 0 Å². The number of nitrogens with one attached hydrogen (secondary N) is 2. The third-order valence-corrected chi connectivity index (χ3v) is 5.88. The van der Waals surface area contributed by atoms with Gasteiger partial charge in [-0.05, 0) is 54.5 Å². The van der Waals surface area contributed by atoms with Crippen LogP contribution >= 0.6 is 24.0 Å². The lowest BCUT2D eigenvalue weighted by Gasteiger charge is -2.34. The molecule has 1 aliphatic heterocycles. The summed E-state index contributed by atoms with van der Waals surface area (Å²) in [5.74, 6) is 1.39. The zero-order valence-corrected chi connectivity index (χ0v) is 21.6. The van der Waals surface area contributed by atoms with E-state index in [2.05, 4.69) is 34.4 Å². The summed E-state index contributed by atoms with van der Waals surface area (Å²) in [7, 11) is -1.50. The topological polar surface area (TPSA) is 73.8 Å². The van der Waals surface area contributed by atoms with Crippen LogP contribution in [0, 0.1) is 17.7 Å². The number of guanidine groups is 1. The van der Waals surface area contributed by atoms with Crippen LogP contribution in [0.5, 0.6) is 0 Å². The lowest BCUT2D eigenvalue weighted by Crippen LogP contribution is -2.45. The molecule has 0 spiro atoms. The van der Waals surface area contributed by atoms with E-state index in [-0.39, 0.29) is 35.5 Å². The Morgan fingerprint density at radius 2 is 2.03 bits per heavy atom. The number of piperidine rings is 1. The zero-order valence-electron chi connectivity index (χ0n) is 18.4. The normalized spacial score (nSPS) is 18.2. The molecule has 1 aliphatic rings. The van der Waals surface area contributed by atoms with Gasteiger partial charge >= 0.3 is 0 Å². The monoisotopic (exact) mass is 554 g/mol. The minimum Gasteiger partial charge on any atom is -0.356 e. The Hall–Kier alpha value is -0.940. The van der Waals surface area contributed by atoms with Crippen LogP contribution in [0.4, 0.5) is 4.39 Å². The fourth-order valence-electron chi connectivity index (χ4n) is 3.82. The first kappa shape index (κ1) is 27.1. The molecule has 1 aromatic carbocycles. The van der Waals surface area contributed by atoms with Crippen molar-refractivity contribution >= 4 is 39.8 Å². The maximum absolute atomic E-state index is 13.7. The maximum atomic E-state index is 13.7. The number of halogens is 2. The van der Waals surface area contributed by atoms with E-state index in [1.165, 1.54) is 43.8 Å². The third kappa shape index (κ3) is 9.91. The second kappa shape index (κ2) is 12.8. The van der Waals surface area contributed by atoms with Gasteiger partial charge in [0, 0.05) is 39.5 Å². The number of likely N-dealkylation sites (tertiary alicyclic amines) is 1. The van der Waals surface area contributed by atoms with Crippen LogP contribution in [0.25, 0.3) is 0 Å². The molecule has 2 N–H and O–H groups in total. The summed E-state index contributed by atoms with van der Waals surface area (Å²) in [5.41, 5.74) is 1.23. The van der Waals surface area contributed by atoms with Gasteiger partial charge in [-0.25, -0.2) is 12.8 Å². The van der Waals surface area contributed by atoms with Crippen molar-refractivity contribution in [3.8, 4) is 0 Å². The number of hydrogen-bond acceptors (Lipinski definition) is 4. The van der Waals surface area contributed by atoms with Crippen LogP contribution in [0.1, 0.15) is 37.8 Å². The molecule has 30 heavy (non-hydrogen) atoms. The summed E-state index contributed by atoms with van der Waals surface area (Å²) in [6.45, 7) is 9.03. The van der Waals surface area contributed by atoms with E-state index in [4.69, 9.17) is 0 Å². The van der Waals surface area contributed by atoms with E-state index in [9.17, 15) is 12.8 Å². The standard InChI is InChI=1S/C21H35FN4O2S.HI/c1-16(2)13-26-9-5-6-17(14-26)11-24-21(23-3)25-12-19-10-20(22)8-7-18(19)15-29(4,27)28;/h7-8,10,16-17H,5-6,9,11-15H2,1-4H3,(H2,23,24,25);1H. The SMILES string of the molecule is CN=C(NCc1cc(F)ccc1CS(C)(=O)=O)NCC1CCCN(CC(C)C)C1.I. The molecule has 0 saturated carbocycles. The second-order valence-electron chi connectivity index (χ2n) is 8.45. The summed E-state index contributed by atoms with van der Waals surface area (Å²) in [6, 6.07) is 4.21. The summed E-state index contributed by atoms with van der Waals surface area (Å²) in [4.78, 5) is 6.78. The van der Waals surface area contributed by atoms with Crippen LogP contribution in [0.2, 0.25) is 0 Å². The summed E-state index contributed by atoms with van der Waals surface area (Å²) in [6.07, 6.45) is 3.59. The van der Waals surface area contributed by atoms with Crippen molar-refractivity contribution in [3.63, 3.8) is 0 Å². The van der Waals surface area contributed by atoms with E-state index in [0.717, 1.165) is 19.6 Å². The average molecular weight is 555 g/mol. The van der Waals surface area contributed by atoms with Gasteiger partial charge in [-0.15, -0.1) is 24.0 Å². The Morgan fingerprint density at radius 3 is 2.67 bits per heavy atom. The predicted octanol–water partition coefficient (Wildman–Crippen LogP) is 3.02. The van der Waals surface area contributed by atoms with E-state index in [0.29, 0.717) is 35.5 Å². The van der Waals surface area contributed by atoms with Crippen LogP contribution in [0.3, 0.4) is 0 Å². The Balaban J connectivity index is 0.00000450. The van der Waals surface area contributed by atoms with Crippen LogP contribution in [-0.4, -0.2) is 58.8 Å². The van der Waals surface area contributed by atoms with Gasteiger partial charge in [0.05, 0.1) is 5.75 Å². The molecule has 1 atom stereocenters. The Labute approximate surface area is 198 Å². The highest BCUT2D eigenvalue weighted by Crippen LogP contribution is 2.17. The fourth-order valence-corrected chi connectivity index (χ4v) is 4.67. The smallest absolute Gasteiger partial charge is 0.191 e. The van der Waals surface area contributed by atoms with Crippen molar-refractivity contribution in [2.75, 3.05) is 39.5 Å². The third-order valence-electron chi connectivity index (χ3n) is 5.04. The van der Waals surface area contributed by atoms with Crippen LogP contribution in [-0.2, 0) is 22.1 Å². The minimum absolute atomic E-state index is 0. The molecule has 1 heterocycles. The Bertz CT molecular complexity index is 802. The molecule has 1 unspecified atom stereocenters. The maximum Gasteiger partial charge on any atom is 0.191 e. The summed E-state index contributed by atoms with van der Waals surface area (Å²) < 4.78 is 37.0. The quantitative estimate of drug-likeness (QED) is 0.294. The van der Waals surface area contributed by atoms with Gasteiger partial charge in [0.1, 0.15) is 5.82 Å². The molecular formula is C21H36FIN4O2S. The molecular weight excluding hydrogens is 518 g/mol. The number of benzene rings is 1. The molecule has 1 aromatic rings. The van der Waals surface area contributed by atoms with E-state index in [1.54, 1.807) is 7.05 Å². The van der Waals surface area contributed by atoms with Gasteiger partial charge in [0.2, 0.25) is 0 Å². The molecule has 0 radical (unpaired) electrons. The number of hydrogen-bond donors (Lipinski definition) is 2. The van der Waals surface area contributed by atoms with E-state index in [1.807, 2.05) is 0 Å². The summed E-state index contributed by atoms with van der Waals surface area (Å²) in [5, 5.41) is 6.55. The molecule has 1 fully saturated rings. The van der Waals surface area contributed by atoms with E-state index >= 15 is 0 Å². The highest BCUT2D eigenvalue weighted by atomic mass is 127. The van der Waals surface area contributed by atoms with Crippen LogP contribution in [0.15, 0.2) is 23.2 Å². The van der Waals surface area contributed by atoms with Crippen LogP contribution < -0.4 is 10.6 Å². The predicted molar refractivity (Wildman–Crippen MR) is 133 cm³/mol. The molecule has 2 rings (SSSR count). The van der Waals surface area contributed by atoms with Gasteiger partial charge in [0.25, 0.3) is 0 Å². The first-order valence-electron chi connectivity index (χ1n) is 10.3. The largest absolute Gasteiger partial charge is 0.356 e. The number of nitrogens with zero attached hydrogens (tertiary/aromatic N) is 2. The first-order valence-corrected chi connectivity index (χ1v) is 12.3. The molecule has 0 aliphatic carbocycles. The van der Waals surface area contributed by atoms with Gasteiger partial charge in [-0.3, -0.25) is 4.99 Å². The number of rotatable bonds is 8. The zero-order chi connectivity index (χ0) is 21.4. The Morgan fingerprint density at radius 1 is 1.30 bits per heavy atom. The van der Waals surface area contributed by atoms with Gasteiger partial charge in [0.15, 0.2) is 15.8 Å². The number of sulfone groups is 1. The fraction of sp³-hybridized carbons (Fsp3) is 0.667. The molecule has 9 heteroatoms.